The van der Waals surface area contributed by atoms with E-state index >= 15 is 0 Å². The zero-order valence-corrected chi connectivity index (χ0v) is 15.6. The second-order valence-corrected chi connectivity index (χ2v) is 8.61. The zero-order valence-electron chi connectivity index (χ0n) is 14.8. The summed E-state index contributed by atoms with van der Waals surface area (Å²) in [6.07, 6.45) is 3.99. The van der Waals surface area contributed by atoms with Gasteiger partial charge in [0.2, 0.25) is 10.0 Å². The van der Waals surface area contributed by atoms with Gasteiger partial charge in [-0.3, -0.25) is 0 Å². The van der Waals surface area contributed by atoms with Crippen LogP contribution in [0.25, 0.3) is 0 Å². The van der Waals surface area contributed by atoms with Crippen molar-refractivity contribution < 1.29 is 8.42 Å². The molecule has 2 aromatic rings. The Labute approximate surface area is 150 Å². The van der Waals surface area contributed by atoms with Crippen LogP contribution in [-0.2, 0) is 10.0 Å². The molecule has 2 N–H and O–H groups in total. The third-order valence-electron chi connectivity index (χ3n) is 4.86. The van der Waals surface area contributed by atoms with Crippen molar-refractivity contribution in [1.82, 2.24) is 4.72 Å². The van der Waals surface area contributed by atoms with Crippen molar-refractivity contribution in [3.63, 3.8) is 0 Å². The number of rotatable bonds is 5. The third kappa shape index (κ3) is 4.41. The van der Waals surface area contributed by atoms with Gasteiger partial charge in [0.25, 0.3) is 0 Å². The van der Waals surface area contributed by atoms with Gasteiger partial charge in [-0.1, -0.05) is 43.2 Å². The Kier molecular flexibility index (Phi) is 5.45. The maximum absolute atomic E-state index is 12.7. The summed E-state index contributed by atoms with van der Waals surface area (Å²) in [5.41, 5.74) is 3.47. The van der Waals surface area contributed by atoms with Gasteiger partial charge < -0.3 is 5.32 Å². The smallest absolute Gasteiger partial charge is 0.240 e. The molecule has 0 aliphatic heterocycles. The van der Waals surface area contributed by atoms with Crippen molar-refractivity contribution in [3.8, 4) is 0 Å². The van der Waals surface area contributed by atoms with Gasteiger partial charge in [0, 0.05) is 17.8 Å². The van der Waals surface area contributed by atoms with E-state index in [1.807, 2.05) is 6.07 Å². The molecule has 1 aliphatic carbocycles. The Balaban J connectivity index is 1.78. The Morgan fingerprint density at radius 1 is 0.920 bits per heavy atom. The summed E-state index contributed by atoms with van der Waals surface area (Å²) in [5, 5.41) is 3.59. The lowest BCUT2D eigenvalue weighted by molar-refractivity contribution is 0.378. The number of benzene rings is 2. The minimum absolute atomic E-state index is 0.0983. The Morgan fingerprint density at radius 3 is 2.32 bits per heavy atom. The molecule has 0 radical (unpaired) electrons. The van der Waals surface area contributed by atoms with Crippen molar-refractivity contribution in [1.29, 1.82) is 0 Å². The highest BCUT2D eigenvalue weighted by Gasteiger charge is 2.29. The lowest BCUT2D eigenvalue weighted by Crippen LogP contribution is -2.48. The molecule has 5 heteroatoms. The molecule has 0 amide bonds. The summed E-state index contributed by atoms with van der Waals surface area (Å²) in [7, 11) is -3.49. The SMILES string of the molecule is Cc1ccc(C)c(N[C@@H]2CCCC[C@H]2NS(=O)(=O)c2ccccc2)c1. The van der Waals surface area contributed by atoms with Crippen LogP contribution in [0.2, 0.25) is 0 Å². The number of hydrogen-bond donors (Lipinski definition) is 2. The highest BCUT2D eigenvalue weighted by Crippen LogP contribution is 2.26. The summed E-state index contributed by atoms with van der Waals surface area (Å²) < 4.78 is 28.3. The Morgan fingerprint density at radius 2 is 1.60 bits per heavy atom. The van der Waals surface area contributed by atoms with Crippen LogP contribution >= 0.6 is 0 Å². The van der Waals surface area contributed by atoms with E-state index in [0.717, 1.165) is 31.4 Å². The highest BCUT2D eigenvalue weighted by atomic mass is 32.2. The normalized spacial score (nSPS) is 21.0. The zero-order chi connectivity index (χ0) is 17.9. The highest BCUT2D eigenvalue weighted by molar-refractivity contribution is 7.89. The van der Waals surface area contributed by atoms with E-state index in [-0.39, 0.29) is 12.1 Å². The fraction of sp³-hybridized carbons (Fsp3) is 0.400. The number of hydrogen-bond acceptors (Lipinski definition) is 3. The minimum atomic E-state index is -3.49. The van der Waals surface area contributed by atoms with Gasteiger partial charge in [0.15, 0.2) is 0 Å². The van der Waals surface area contributed by atoms with Crippen molar-refractivity contribution in [2.75, 3.05) is 5.32 Å². The van der Waals surface area contributed by atoms with Crippen LogP contribution in [0.4, 0.5) is 5.69 Å². The van der Waals surface area contributed by atoms with Crippen LogP contribution in [0.3, 0.4) is 0 Å². The molecule has 0 bridgehead atoms. The second kappa shape index (κ2) is 7.58. The van der Waals surface area contributed by atoms with Gasteiger partial charge in [-0.15, -0.1) is 0 Å². The summed E-state index contributed by atoms with van der Waals surface area (Å²) in [6, 6.07) is 14.9. The van der Waals surface area contributed by atoms with Gasteiger partial charge in [-0.05, 0) is 56.0 Å². The first-order valence-electron chi connectivity index (χ1n) is 8.87. The summed E-state index contributed by atoms with van der Waals surface area (Å²) in [4.78, 5) is 0.325. The van der Waals surface area contributed by atoms with Gasteiger partial charge in [-0.25, -0.2) is 13.1 Å². The van der Waals surface area contributed by atoms with Crippen LogP contribution in [0.15, 0.2) is 53.4 Å². The molecule has 2 atom stereocenters. The molecule has 4 nitrogen and oxygen atoms in total. The first-order valence-corrected chi connectivity index (χ1v) is 10.4. The summed E-state index contributed by atoms with van der Waals surface area (Å²) in [5.74, 6) is 0. The van der Waals surface area contributed by atoms with Crippen molar-refractivity contribution >= 4 is 15.7 Å². The fourth-order valence-electron chi connectivity index (χ4n) is 3.40. The standard InChI is InChI=1S/C20H26N2O2S/c1-15-12-13-16(2)20(14-15)21-18-10-6-7-11-19(18)22-25(23,24)17-8-4-3-5-9-17/h3-5,8-9,12-14,18-19,21-22H,6-7,10-11H2,1-2H3/t18-,19-/m1/s1. The molecule has 0 aromatic heterocycles. The average Bonchev–Trinajstić information content (AvgIpc) is 2.60. The quantitative estimate of drug-likeness (QED) is 0.849. The maximum Gasteiger partial charge on any atom is 0.240 e. The predicted octanol–water partition coefficient (Wildman–Crippen LogP) is 4.01. The van der Waals surface area contributed by atoms with E-state index < -0.39 is 10.0 Å². The predicted molar refractivity (Wildman–Crippen MR) is 102 cm³/mol. The molecule has 1 saturated carbocycles. The largest absolute Gasteiger partial charge is 0.380 e. The average molecular weight is 359 g/mol. The summed E-state index contributed by atoms with van der Waals surface area (Å²) >= 11 is 0. The lowest BCUT2D eigenvalue weighted by atomic mass is 9.90. The van der Waals surface area contributed by atoms with Gasteiger partial charge in [-0.2, -0.15) is 0 Å². The number of anilines is 1. The van der Waals surface area contributed by atoms with E-state index in [1.54, 1.807) is 24.3 Å². The maximum atomic E-state index is 12.7. The monoisotopic (exact) mass is 358 g/mol. The molecule has 134 valence electrons. The molecular weight excluding hydrogens is 332 g/mol. The van der Waals surface area contributed by atoms with E-state index in [9.17, 15) is 8.42 Å². The number of sulfonamides is 1. The van der Waals surface area contributed by atoms with Gasteiger partial charge in [0.1, 0.15) is 0 Å². The number of nitrogens with one attached hydrogen (secondary N) is 2. The molecule has 0 saturated heterocycles. The van der Waals surface area contributed by atoms with E-state index in [1.165, 1.54) is 11.1 Å². The molecule has 25 heavy (non-hydrogen) atoms. The number of aryl methyl sites for hydroxylation is 2. The fourth-order valence-corrected chi connectivity index (χ4v) is 4.73. The van der Waals surface area contributed by atoms with Crippen LogP contribution in [0.1, 0.15) is 36.8 Å². The van der Waals surface area contributed by atoms with Crippen LogP contribution in [0, 0.1) is 13.8 Å². The van der Waals surface area contributed by atoms with E-state index in [4.69, 9.17) is 0 Å². The minimum Gasteiger partial charge on any atom is -0.380 e. The van der Waals surface area contributed by atoms with Crippen molar-refractivity contribution in [2.45, 2.75) is 56.5 Å². The third-order valence-corrected chi connectivity index (χ3v) is 6.37. The Bertz CT molecular complexity index is 819. The Hall–Kier alpha value is -1.85. The molecule has 0 spiro atoms. The first kappa shape index (κ1) is 18.0. The molecule has 2 aromatic carbocycles. The molecule has 0 heterocycles. The molecule has 1 fully saturated rings. The topological polar surface area (TPSA) is 58.2 Å². The van der Waals surface area contributed by atoms with Gasteiger partial charge in [0.05, 0.1) is 4.90 Å². The molecule has 1 aliphatic rings. The summed E-state index contributed by atoms with van der Waals surface area (Å²) in [6.45, 7) is 4.15. The molecule has 0 unspecified atom stereocenters. The van der Waals surface area contributed by atoms with Crippen molar-refractivity contribution in [2.24, 2.45) is 0 Å². The van der Waals surface area contributed by atoms with Crippen molar-refractivity contribution in [3.05, 3.63) is 59.7 Å². The second-order valence-electron chi connectivity index (χ2n) is 6.89. The van der Waals surface area contributed by atoms with Crippen LogP contribution in [-0.4, -0.2) is 20.5 Å². The van der Waals surface area contributed by atoms with Gasteiger partial charge >= 0.3 is 0 Å². The molecular formula is C20H26N2O2S. The van der Waals surface area contributed by atoms with E-state index in [2.05, 4.69) is 42.1 Å². The van der Waals surface area contributed by atoms with Crippen LogP contribution in [0.5, 0.6) is 0 Å². The van der Waals surface area contributed by atoms with Crippen LogP contribution < -0.4 is 10.0 Å². The lowest BCUT2D eigenvalue weighted by Gasteiger charge is -2.33. The first-order chi connectivity index (χ1) is 12.0. The van der Waals surface area contributed by atoms with E-state index in [0.29, 0.717) is 4.90 Å². The molecule has 3 rings (SSSR count).